The van der Waals surface area contributed by atoms with Gasteiger partial charge in [-0.2, -0.15) is 22.1 Å². The van der Waals surface area contributed by atoms with E-state index in [4.69, 9.17) is 42.8 Å². The lowest BCUT2D eigenvalue weighted by atomic mass is 9.95. The lowest BCUT2D eigenvalue weighted by molar-refractivity contribution is 0.0601. The van der Waals surface area contributed by atoms with Gasteiger partial charge in [-0.1, -0.05) is 11.6 Å². The van der Waals surface area contributed by atoms with Crippen LogP contribution in [-0.4, -0.2) is 99.1 Å². The molecule has 0 unspecified atom stereocenters. The number of aromatic amines is 1. The second kappa shape index (κ2) is 35.2. The summed E-state index contributed by atoms with van der Waals surface area (Å²) in [6.07, 6.45) is 1.57. The van der Waals surface area contributed by atoms with Crippen LogP contribution in [0.1, 0.15) is 73.3 Å². The maximum absolute atomic E-state index is 13.3. The molecule has 3 aromatic heterocycles. The summed E-state index contributed by atoms with van der Waals surface area (Å²) in [6.45, 7) is 20.3. The number of nitrogens with zero attached hydrogens (tertiary/aromatic N) is 7. The number of anilines is 2. The van der Waals surface area contributed by atoms with E-state index in [-0.39, 0.29) is 34.8 Å². The molecule has 21 nitrogen and oxygen atoms in total. The van der Waals surface area contributed by atoms with Crippen LogP contribution in [0.2, 0.25) is 5.15 Å². The van der Waals surface area contributed by atoms with Gasteiger partial charge in [0.2, 0.25) is 0 Å². The van der Waals surface area contributed by atoms with E-state index in [1.54, 1.807) is 48.5 Å². The number of aryl methyl sites for hydroxylation is 8. The number of nitrogens with two attached hydrogens (primary N) is 3. The number of nitrogens with one attached hydrogen (secondary N) is 4. The van der Waals surface area contributed by atoms with Gasteiger partial charge in [-0.3, -0.25) is 4.79 Å². The Kier molecular flexibility index (Phi) is 26.8. The first-order valence-corrected chi connectivity index (χ1v) is 35.9. The number of nitriles is 1. The van der Waals surface area contributed by atoms with Crippen molar-refractivity contribution < 1.29 is 43.9 Å². The molecule has 103 heavy (non-hydrogen) atoms. The molecule has 5 heterocycles. The molecule has 13 rings (SSSR count). The number of aromatic nitrogens is 6. The second-order valence-corrected chi connectivity index (χ2v) is 28.0. The third-order valence-electron chi connectivity index (χ3n) is 17.1. The molecule has 0 bridgehead atoms. The number of fused-ring (bicyclic) bond motifs is 3. The Balaban J connectivity index is 0.000000164. The molecule has 0 atom stereocenters. The Bertz CT molecular complexity index is 5200. The van der Waals surface area contributed by atoms with Gasteiger partial charge in [-0.15, -0.1) is 0 Å². The van der Waals surface area contributed by atoms with Crippen LogP contribution in [0.4, 0.5) is 29.1 Å². The first kappa shape index (κ1) is 78.6. The molecule has 8 aromatic carbocycles. The van der Waals surface area contributed by atoms with E-state index in [9.17, 15) is 44.0 Å². The van der Waals surface area contributed by atoms with E-state index in [2.05, 4.69) is 63.4 Å². The number of rotatable bonds is 13. The molecule has 0 saturated carbocycles. The van der Waals surface area contributed by atoms with Gasteiger partial charge in [0.25, 0.3) is 26.0 Å². The van der Waals surface area contributed by atoms with Gasteiger partial charge in [-0.25, -0.2) is 67.0 Å². The molecule has 538 valence electrons. The fourth-order valence-corrected chi connectivity index (χ4v) is 11.5. The molecule has 10 N–H and O–H groups in total. The predicted octanol–water partition coefficient (Wildman–Crippen LogP) is 12.5. The van der Waals surface area contributed by atoms with Crippen molar-refractivity contribution in [3.8, 4) is 40.2 Å². The smallest absolute Gasteiger partial charge is 0.339 e. The minimum absolute atomic E-state index is 0.183. The fourth-order valence-electron chi connectivity index (χ4n) is 10.5. The van der Waals surface area contributed by atoms with Crippen LogP contribution in [0.5, 0.6) is 0 Å². The molecule has 0 aliphatic carbocycles. The minimum atomic E-state index is -3.66. The van der Waals surface area contributed by atoms with Crippen molar-refractivity contribution in [2.75, 3.05) is 57.0 Å². The van der Waals surface area contributed by atoms with Crippen molar-refractivity contribution in [2.24, 2.45) is 22.1 Å². The Morgan fingerprint density at radius 1 is 0.563 bits per heavy atom. The third-order valence-corrected chi connectivity index (χ3v) is 18.6. The average molecular weight is 1460 g/mol. The third kappa shape index (κ3) is 22.4. The maximum Gasteiger partial charge on any atom is 0.339 e. The lowest BCUT2D eigenvalue weighted by Gasteiger charge is -2.41. The fraction of sp³-hybridized carbons (Fsp3) is 0.253. The van der Waals surface area contributed by atoms with Crippen LogP contribution in [0.15, 0.2) is 150 Å². The predicted molar refractivity (Wildman–Crippen MR) is 397 cm³/mol. The largest absolute Gasteiger partial charge is 0.465 e. The highest BCUT2D eigenvalue weighted by molar-refractivity contribution is 7.87. The lowest BCUT2D eigenvalue weighted by Crippen LogP contribution is -2.48. The standard InChI is InChI=1S/C21H24FN5O2S.C16H12ClFN2.C16H13FN2O.C10H13NO2.C7H4FN.C5H13N3O2S/c1-13-9-18-19(10-14(13)2)25-20(16-3-5-17(22)6-4-16)26-21(18)27-11-15(12-27)7-8-24-30(23,28)29;1-9-7-13-14(8-10(9)2)19-16(20-15(13)17)11-3-5-12(18)6-4-11;1-9-7-13-14(8-10(9)2)18-15(19-16(13)20)11-3-5-12(17)6-4-11;1-6-4-8(10(12)13-3)9(11)5-7(6)2;8-7-3-1-6(5-9)2-4-7;6-11(9,10)8-2-1-5-3-7-4-5/h3-6,9-10,15,24H,7-8,11-12H2,1-2H3,(H2,23,28,29);3-8H,1-2H3;3-8H,1-2H3,(H,18,19,20);4-5H,11H2,1-3H3;1-4H;5,7-8H,1-4H2,(H2,6,9,10). The zero-order valence-electron chi connectivity index (χ0n) is 58.1. The zero-order chi connectivity index (χ0) is 75.0. The summed E-state index contributed by atoms with van der Waals surface area (Å²) in [4.78, 5) is 51.1. The number of carbonyl (C=O) groups is 1. The molecular formula is C75H79ClF4N14O7S2. The van der Waals surface area contributed by atoms with Crippen molar-refractivity contribution >= 4 is 82.2 Å². The first-order chi connectivity index (χ1) is 48.7. The summed E-state index contributed by atoms with van der Waals surface area (Å²) in [5.74, 6) is 1.72. The number of hydrogen-bond acceptors (Lipinski definition) is 16. The van der Waals surface area contributed by atoms with E-state index in [0.29, 0.717) is 87.3 Å². The van der Waals surface area contributed by atoms with Crippen LogP contribution in [0.3, 0.4) is 0 Å². The second-order valence-electron chi connectivity index (χ2n) is 24.9. The highest BCUT2D eigenvalue weighted by atomic mass is 35.5. The number of nitrogen functional groups attached to an aromatic ring is 1. The normalized spacial score (nSPS) is 12.7. The van der Waals surface area contributed by atoms with Crippen LogP contribution in [0.25, 0.3) is 66.9 Å². The highest BCUT2D eigenvalue weighted by Crippen LogP contribution is 2.35. The van der Waals surface area contributed by atoms with E-state index in [1.165, 1.54) is 67.8 Å². The SMILES string of the molecule is COC(=O)c1cc(C)c(C)cc1N.Cc1cc2nc(-c3ccc(F)cc3)[nH]c(=O)c2cc1C.Cc1cc2nc(-c3ccc(F)cc3)nc(Cl)c2cc1C.Cc1cc2nc(-c3ccc(F)cc3)nc(N3CC(CCNS(N)(=O)=O)C3)c2cc1C.N#Cc1ccc(F)cc1.NS(=O)(=O)NCCC1CNC1. The molecule has 0 radical (unpaired) electrons. The Labute approximate surface area is 600 Å². The summed E-state index contributed by atoms with van der Waals surface area (Å²) >= 11 is 6.24. The monoisotopic (exact) mass is 1460 g/mol. The molecule has 2 fully saturated rings. The number of benzene rings is 8. The summed E-state index contributed by atoms with van der Waals surface area (Å²) < 4.78 is 103. The molecule has 2 aliphatic heterocycles. The number of hydrogen-bond donors (Lipinski definition) is 7. The highest BCUT2D eigenvalue weighted by Gasteiger charge is 2.30. The topological polar surface area (TPSA) is 333 Å². The number of H-pyrrole nitrogens is 1. The number of methoxy groups -OCH3 is 1. The number of carbonyl (C=O) groups excluding carboxylic acids is 1. The van der Waals surface area contributed by atoms with Gasteiger partial charge in [0, 0.05) is 59.3 Å². The van der Waals surface area contributed by atoms with Gasteiger partial charge in [0.05, 0.1) is 46.2 Å². The molecule has 0 amide bonds. The summed E-state index contributed by atoms with van der Waals surface area (Å²) in [5, 5.41) is 23.9. The van der Waals surface area contributed by atoms with Crippen molar-refractivity contribution in [3.05, 3.63) is 240 Å². The zero-order valence-corrected chi connectivity index (χ0v) is 60.5. The van der Waals surface area contributed by atoms with Crippen molar-refractivity contribution in [2.45, 2.75) is 68.2 Å². The van der Waals surface area contributed by atoms with E-state index < -0.39 is 20.4 Å². The van der Waals surface area contributed by atoms with E-state index in [0.717, 1.165) is 116 Å². The summed E-state index contributed by atoms with van der Waals surface area (Å²) in [7, 11) is -5.79. The Morgan fingerprint density at radius 3 is 1.42 bits per heavy atom. The van der Waals surface area contributed by atoms with Gasteiger partial charge in [0.15, 0.2) is 11.6 Å². The number of halogens is 5. The molecule has 2 aliphatic rings. The maximum atomic E-state index is 13.3. The molecule has 28 heteroatoms. The minimum Gasteiger partial charge on any atom is -0.465 e. The molecular weight excluding hydrogens is 1380 g/mol. The van der Waals surface area contributed by atoms with Crippen molar-refractivity contribution in [3.63, 3.8) is 0 Å². The summed E-state index contributed by atoms with van der Waals surface area (Å²) in [5.41, 5.74) is 20.2. The Morgan fingerprint density at radius 2 is 0.961 bits per heavy atom. The first-order valence-electron chi connectivity index (χ1n) is 32.4. The van der Waals surface area contributed by atoms with Gasteiger partial charge < -0.3 is 25.7 Å². The van der Waals surface area contributed by atoms with Crippen LogP contribution < -0.4 is 41.2 Å². The molecule has 0 spiro atoms. The van der Waals surface area contributed by atoms with E-state index in [1.807, 2.05) is 78.8 Å². The van der Waals surface area contributed by atoms with Gasteiger partial charge >= 0.3 is 5.97 Å². The van der Waals surface area contributed by atoms with Crippen LogP contribution in [0, 0.1) is 102 Å². The molecule has 11 aromatic rings. The van der Waals surface area contributed by atoms with Crippen molar-refractivity contribution in [1.29, 1.82) is 5.26 Å². The van der Waals surface area contributed by atoms with Crippen LogP contribution in [-0.2, 0) is 25.2 Å². The average Bonchev–Trinajstić information content (AvgIpc) is 0.769. The number of ether oxygens (including phenoxy) is 1. The Hall–Kier alpha value is -10.2. The number of esters is 1. The van der Waals surface area contributed by atoms with Gasteiger partial charge in [0.1, 0.15) is 40.1 Å². The van der Waals surface area contributed by atoms with E-state index >= 15 is 0 Å². The molecule has 2 saturated heterocycles. The summed E-state index contributed by atoms with van der Waals surface area (Å²) in [6, 6.07) is 40.8. The van der Waals surface area contributed by atoms with Gasteiger partial charge in [-0.05, 0) is 283 Å². The van der Waals surface area contributed by atoms with Crippen LogP contribution >= 0.6 is 11.6 Å². The van der Waals surface area contributed by atoms with Crippen molar-refractivity contribution in [1.82, 2.24) is 44.7 Å². The quantitative estimate of drug-likeness (QED) is 0.0244.